The van der Waals surface area contributed by atoms with Crippen molar-refractivity contribution in [3.05, 3.63) is 179 Å². The van der Waals surface area contributed by atoms with E-state index >= 15 is 0 Å². The minimum absolute atomic E-state index is 0.0553. The standard InChI is InChI=1S/C42H36N2/c1-42(2,3)31-24-29-18-20-32-34(39(36-16-10-22-43-36)27-12-6-4-7-13-27)26-35(33-21-19-30(25-31)38(29)41(32)33)40(37-17-11-23-44-37)28-14-8-5-9-15-28/h4-26,39-40,43-44H,1-3H3. The average Bonchev–Trinajstić information content (AvgIpc) is 3.77. The maximum atomic E-state index is 3.59. The highest BCUT2D eigenvalue weighted by atomic mass is 14.7. The zero-order valence-corrected chi connectivity index (χ0v) is 25.4. The van der Waals surface area contributed by atoms with E-state index in [2.05, 4.69) is 158 Å². The summed E-state index contributed by atoms with van der Waals surface area (Å²) in [5, 5.41) is 7.95. The summed E-state index contributed by atoms with van der Waals surface area (Å²) in [7, 11) is 0. The molecular formula is C42H36N2. The highest BCUT2D eigenvalue weighted by molar-refractivity contribution is 6.24. The number of hydrogen-bond donors (Lipinski definition) is 2. The summed E-state index contributed by atoms with van der Waals surface area (Å²) in [6, 6.07) is 47.3. The van der Waals surface area contributed by atoms with Crippen molar-refractivity contribution in [2.24, 2.45) is 0 Å². The molecular weight excluding hydrogens is 532 g/mol. The molecule has 2 heteroatoms. The lowest BCUT2D eigenvalue weighted by molar-refractivity contribution is 0.591. The first-order valence-electron chi connectivity index (χ1n) is 15.6. The van der Waals surface area contributed by atoms with E-state index in [1.807, 2.05) is 12.4 Å². The first-order chi connectivity index (χ1) is 21.5. The van der Waals surface area contributed by atoms with Gasteiger partial charge >= 0.3 is 0 Å². The Kier molecular flexibility index (Phi) is 6.20. The van der Waals surface area contributed by atoms with Crippen LogP contribution in [-0.4, -0.2) is 9.97 Å². The van der Waals surface area contributed by atoms with E-state index in [4.69, 9.17) is 0 Å². The molecule has 0 aliphatic rings. The third-order valence-corrected chi connectivity index (χ3v) is 9.40. The third kappa shape index (κ3) is 4.33. The van der Waals surface area contributed by atoms with Crippen LogP contribution in [0.25, 0.3) is 32.3 Å². The lowest BCUT2D eigenvalue weighted by Gasteiger charge is -2.27. The average molecular weight is 569 g/mol. The SMILES string of the molecule is CC(C)(C)c1cc2ccc3c(C(c4ccccc4)c4ccc[nH]4)cc(C(c4ccccc4)c4ccc[nH]4)c4ccc(c1)c2c34. The van der Waals surface area contributed by atoms with Gasteiger partial charge in [0.25, 0.3) is 0 Å². The molecule has 0 radical (unpaired) electrons. The Labute approximate surface area is 258 Å². The van der Waals surface area contributed by atoms with Crippen molar-refractivity contribution >= 4 is 32.3 Å². The van der Waals surface area contributed by atoms with Crippen molar-refractivity contribution in [3.63, 3.8) is 0 Å². The van der Waals surface area contributed by atoms with Crippen molar-refractivity contribution < 1.29 is 0 Å². The summed E-state index contributed by atoms with van der Waals surface area (Å²) in [6.45, 7) is 6.91. The quantitative estimate of drug-likeness (QED) is 0.187. The molecule has 0 saturated carbocycles. The van der Waals surface area contributed by atoms with Crippen LogP contribution in [0.3, 0.4) is 0 Å². The number of rotatable bonds is 6. The van der Waals surface area contributed by atoms with Crippen molar-refractivity contribution in [1.82, 2.24) is 9.97 Å². The van der Waals surface area contributed by atoms with Gasteiger partial charge in [0.2, 0.25) is 0 Å². The Morgan fingerprint density at radius 3 is 1.36 bits per heavy atom. The molecule has 2 unspecified atom stereocenters. The number of benzene rings is 6. The number of aromatic amines is 2. The van der Waals surface area contributed by atoms with Gasteiger partial charge in [-0.2, -0.15) is 0 Å². The van der Waals surface area contributed by atoms with E-state index in [0.717, 1.165) is 0 Å². The first kappa shape index (κ1) is 26.5. The van der Waals surface area contributed by atoms with E-state index in [0.29, 0.717) is 0 Å². The van der Waals surface area contributed by atoms with E-state index in [-0.39, 0.29) is 17.3 Å². The Morgan fingerprint density at radius 1 is 0.477 bits per heavy atom. The van der Waals surface area contributed by atoms with Gasteiger partial charge < -0.3 is 9.97 Å². The molecule has 2 N–H and O–H groups in total. The monoisotopic (exact) mass is 568 g/mol. The maximum absolute atomic E-state index is 3.59. The van der Waals surface area contributed by atoms with E-state index in [1.165, 1.54) is 71.5 Å². The van der Waals surface area contributed by atoms with Crippen LogP contribution < -0.4 is 0 Å². The van der Waals surface area contributed by atoms with Crippen LogP contribution in [0.2, 0.25) is 0 Å². The van der Waals surface area contributed by atoms with Crippen molar-refractivity contribution in [3.8, 4) is 0 Å². The molecule has 0 bridgehead atoms. The van der Waals surface area contributed by atoms with Crippen LogP contribution in [0.15, 0.2) is 140 Å². The number of nitrogens with one attached hydrogen (secondary N) is 2. The molecule has 8 aromatic rings. The predicted molar refractivity (Wildman–Crippen MR) is 185 cm³/mol. The second-order valence-corrected chi connectivity index (χ2v) is 13.1. The molecule has 2 nitrogen and oxygen atoms in total. The summed E-state index contributed by atoms with van der Waals surface area (Å²) in [4.78, 5) is 7.18. The van der Waals surface area contributed by atoms with E-state index in [1.54, 1.807) is 0 Å². The zero-order valence-electron chi connectivity index (χ0n) is 25.4. The van der Waals surface area contributed by atoms with Gasteiger partial charge in [0.05, 0.1) is 0 Å². The summed E-state index contributed by atoms with van der Waals surface area (Å²) >= 11 is 0. The fraction of sp³-hybridized carbons (Fsp3) is 0.143. The Balaban J connectivity index is 1.53. The molecule has 0 amide bonds. The minimum Gasteiger partial charge on any atom is -0.364 e. The lowest BCUT2D eigenvalue weighted by Crippen LogP contribution is -2.11. The fourth-order valence-corrected chi connectivity index (χ4v) is 7.27. The van der Waals surface area contributed by atoms with Gasteiger partial charge in [-0.15, -0.1) is 0 Å². The van der Waals surface area contributed by atoms with Crippen LogP contribution in [-0.2, 0) is 5.41 Å². The van der Waals surface area contributed by atoms with Crippen LogP contribution in [0.1, 0.15) is 71.8 Å². The van der Waals surface area contributed by atoms with Gasteiger partial charge in [0.15, 0.2) is 0 Å². The third-order valence-electron chi connectivity index (χ3n) is 9.40. The smallest absolute Gasteiger partial charge is 0.0496 e. The molecule has 2 heterocycles. The predicted octanol–water partition coefficient (Wildman–Crippen LogP) is 10.9. The van der Waals surface area contributed by atoms with Gasteiger partial charge in [0, 0.05) is 35.6 Å². The molecule has 44 heavy (non-hydrogen) atoms. The summed E-state index contributed by atoms with van der Waals surface area (Å²) in [6.07, 6.45) is 4.09. The molecule has 8 rings (SSSR count). The summed E-state index contributed by atoms with van der Waals surface area (Å²) < 4.78 is 0. The molecule has 0 saturated heterocycles. The van der Waals surface area contributed by atoms with Crippen molar-refractivity contribution in [2.75, 3.05) is 0 Å². The lowest BCUT2D eigenvalue weighted by atomic mass is 9.77. The van der Waals surface area contributed by atoms with Crippen LogP contribution in [0, 0.1) is 0 Å². The minimum atomic E-state index is 0.0553. The molecule has 0 aliphatic heterocycles. The molecule has 2 atom stereocenters. The summed E-state index contributed by atoms with van der Waals surface area (Å²) in [5.41, 5.74) is 9.03. The van der Waals surface area contributed by atoms with Crippen LogP contribution in [0.4, 0.5) is 0 Å². The summed E-state index contributed by atoms with van der Waals surface area (Å²) in [5.74, 6) is 0.111. The second kappa shape index (κ2) is 10.3. The van der Waals surface area contributed by atoms with Crippen LogP contribution in [0.5, 0.6) is 0 Å². The molecule has 0 fully saturated rings. The zero-order chi connectivity index (χ0) is 29.8. The first-order valence-corrected chi connectivity index (χ1v) is 15.6. The fourth-order valence-electron chi connectivity index (χ4n) is 7.27. The second-order valence-electron chi connectivity index (χ2n) is 13.1. The number of aromatic nitrogens is 2. The van der Waals surface area contributed by atoms with Gasteiger partial charge in [-0.3, -0.25) is 0 Å². The normalized spacial score (nSPS) is 13.6. The highest BCUT2D eigenvalue weighted by Crippen LogP contribution is 2.47. The number of hydrogen-bond acceptors (Lipinski definition) is 0. The molecule has 0 spiro atoms. The molecule has 2 aromatic heterocycles. The van der Waals surface area contributed by atoms with E-state index < -0.39 is 0 Å². The van der Waals surface area contributed by atoms with Crippen molar-refractivity contribution in [2.45, 2.75) is 38.0 Å². The Bertz CT molecular complexity index is 2040. The van der Waals surface area contributed by atoms with Crippen molar-refractivity contribution in [1.29, 1.82) is 0 Å². The molecule has 6 aromatic carbocycles. The Hall–Kier alpha value is -5.08. The van der Waals surface area contributed by atoms with Gasteiger partial charge in [-0.1, -0.05) is 124 Å². The Morgan fingerprint density at radius 2 is 0.955 bits per heavy atom. The largest absolute Gasteiger partial charge is 0.364 e. The van der Waals surface area contributed by atoms with Gasteiger partial charge in [0.1, 0.15) is 0 Å². The highest BCUT2D eigenvalue weighted by Gasteiger charge is 2.28. The molecule has 0 aliphatic carbocycles. The van der Waals surface area contributed by atoms with Crippen LogP contribution >= 0.6 is 0 Å². The van der Waals surface area contributed by atoms with E-state index in [9.17, 15) is 0 Å². The van der Waals surface area contributed by atoms with Gasteiger partial charge in [-0.25, -0.2) is 0 Å². The number of H-pyrrole nitrogens is 2. The molecule has 214 valence electrons. The van der Waals surface area contributed by atoms with Gasteiger partial charge in [-0.05, 0) is 89.8 Å². The topological polar surface area (TPSA) is 31.6 Å². The maximum Gasteiger partial charge on any atom is 0.0496 e.